The first kappa shape index (κ1) is 12.5. The summed E-state index contributed by atoms with van der Waals surface area (Å²) < 4.78 is 0. The van der Waals surface area contributed by atoms with Crippen molar-refractivity contribution in [2.45, 2.75) is 20.5 Å². The molecule has 0 unspecified atom stereocenters. The molecule has 0 aliphatic carbocycles. The van der Waals surface area contributed by atoms with Gasteiger partial charge >= 0.3 is 0 Å². The van der Waals surface area contributed by atoms with Gasteiger partial charge in [0.2, 0.25) is 0 Å². The van der Waals surface area contributed by atoms with Crippen LogP contribution in [-0.2, 0) is 6.61 Å². The number of aryl methyl sites for hydroxylation is 2. The monoisotopic (exact) mass is 214 g/mol. The van der Waals surface area contributed by atoms with Gasteiger partial charge in [0, 0.05) is 0 Å². The Morgan fingerprint density at radius 1 is 0.750 bits per heavy atom. The van der Waals surface area contributed by atoms with Crippen LogP contribution in [-0.4, -0.2) is 5.11 Å². The predicted molar refractivity (Wildman–Crippen MR) is 68.3 cm³/mol. The van der Waals surface area contributed by atoms with Gasteiger partial charge < -0.3 is 5.11 Å². The van der Waals surface area contributed by atoms with E-state index in [1.807, 2.05) is 30.3 Å². The van der Waals surface area contributed by atoms with Crippen molar-refractivity contribution in [1.82, 2.24) is 0 Å². The second kappa shape index (κ2) is 6.81. The van der Waals surface area contributed by atoms with E-state index in [9.17, 15) is 0 Å². The second-order valence-corrected chi connectivity index (χ2v) is 3.73. The SMILES string of the molecule is Cc1ccccc1C.OCc1ccccc1. The summed E-state index contributed by atoms with van der Waals surface area (Å²) in [7, 11) is 0. The molecule has 0 saturated heterocycles. The molecule has 0 spiro atoms. The van der Waals surface area contributed by atoms with Crippen molar-refractivity contribution in [2.24, 2.45) is 0 Å². The fourth-order valence-corrected chi connectivity index (χ4v) is 1.25. The summed E-state index contributed by atoms with van der Waals surface area (Å²) in [6.07, 6.45) is 0. The number of rotatable bonds is 1. The molecule has 0 radical (unpaired) electrons. The first-order chi connectivity index (χ1) is 7.74. The van der Waals surface area contributed by atoms with E-state index in [0.717, 1.165) is 5.56 Å². The van der Waals surface area contributed by atoms with Crippen molar-refractivity contribution >= 4 is 0 Å². The molecule has 0 fully saturated rings. The fraction of sp³-hybridized carbons (Fsp3) is 0.200. The molecule has 1 heteroatoms. The maximum Gasteiger partial charge on any atom is 0.0681 e. The van der Waals surface area contributed by atoms with Crippen LogP contribution in [0.15, 0.2) is 54.6 Å². The van der Waals surface area contributed by atoms with Crippen LogP contribution in [0.4, 0.5) is 0 Å². The molecule has 2 rings (SSSR count). The first-order valence-electron chi connectivity index (χ1n) is 5.41. The van der Waals surface area contributed by atoms with E-state index < -0.39 is 0 Å². The van der Waals surface area contributed by atoms with Crippen molar-refractivity contribution in [1.29, 1.82) is 0 Å². The van der Waals surface area contributed by atoms with Crippen LogP contribution >= 0.6 is 0 Å². The molecule has 0 saturated carbocycles. The maximum absolute atomic E-state index is 8.54. The average Bonchev–Trinajstić information content (AvgIpc) is 2.35. The van der Waals surface area contributed by atoms with E-state index in [2.05, 4.69) is 38.1 Å². The maximum atomic E-state index is 8.54. The molecule has 0 amide bonds. The number of hydrogen-bond donors (Lipinski definition) is 1. The molecule has 2 aromatic rings. The third kappa shape index (κ3) is 4.28. The van der Waals surface area contributed by atoms with Crippen LogP contribution < -0.4 is 0 Å². The summed E-state index contributed by atoms with van der Waals surface area (Å²) in [6, 6.07) is 17.9. The minimum atomic E-state index is 0.140. The van der Waals surface area contributed by atoms with Gasteiger partial charge in [-0.3, -0.25) is 0 Å². The van der Waals surface area contributed by atoms with E-state index in [1.165, 1.54) is 11.1 Å². The van der Waals surface area contributed by atoms with Crippen LogP contribution in [0, 0.1) is 13.8 Å². The fourth-order valence-electron chi connectivity index (χ4n) is 1.25. The lowest BCUT2D eigenvalue weighted by Crippen LogP contribution is -1.77. The van der Waals surface area contributed by atoms with Crippen molar-refractivity contribution in [2.75, 3.05) is 0 Å². The van der Waals surface area contributed by atoms with E-state index in [4.69, 9.17) is 5.11 Å². The molecule has 0 heterocycles. The zero-order chi connectivity index (χ0) is 11.8. The van der Waals surface area contributed by atoms with Crippen LogP contribution in [0.25, 0.3) is 0 Å². The molecular formula is C15H18O. The lowest BCUT2D eigenvalue weighted by Gasteiger charge is -1.93. The van der Waals surface area contributed by atoms with E-state index in [-0.39, 0.29) is 6.61 Å². The molecule has 84 valence electrons. The highest BCUT2D eigenvalue weighted by Crippen LogP contribution is 2.02. The second-order valence-electron chi connectivity index (χ2n) is 3.73. The number of aliphatic hydroxyl groups is 1. The molecule has 2 aromatic carbocycles. The quantitative estimate of drug-likeness (QED) is 0.770. The molecule has 0 atom stereocenters. The van der Waals surface area contributed by atoms with Gasteiger partial charge in [-0.25, -0.2) is 0 Å². The molecule has 0 aliphatic rings. The van der Waals surface area contributed by atoms with Crippen molar-refractivity contribution in [3.05, 3.63) is 71.3 Å². The zero-order valence-corrected chi connectivity index (χ0v) is 9.85. The van der Waals surface area contributed by atoms with E-state index >= 15 is 0 Å². The smallest absolute Gasteiger partial charge is 0.0681 e. The molecular weight excluding hydrogens is 196 g/mol. The summed E-state index contributed by atoms with van der Waals surface area (Å²) >= 11 is 0. The number of hydrogen-bond acceptors (Lipinski definition) is 1. The zero-order valence-electron chi connectivity index (χ0n) is 9.85. The van der Waals surface area contributed by atoms with Crippen molar-refractivity contribution in [3.8, 4) is 0 Å². The minimum Gasteiger partial charge on any atom is -0.392 e. The Labute approximate surface area is 97.4 Å². The Morgan fingerprint density at radius 3 is 1.50 bits per heavy atom. The highest BCUT2D eigenvalue weighted by molar-refractivity contribution is 5.23. The third-order valence-corrected chi connectivity index (χ3v) is 2.45. The van der Waals surface area contributed by atoms with Gasteiger partial charge in [0.1, 0.15) is 0 Å². The standard InChI is InChI=1S/C8H10.C7H8O/c1-7-5-3-4-6-8(7)2;8-6-7-4-2-1-3-5-7/h3-6H,1-2H3;1-5,8H,6H2. The predicted octanol–water partition coefficient (Wildman–Crippen LogP) is 3.48. The molecule has 0 bridgehead atoms. The average molecular weight is 214 g/mol. The van der Waals surface area contributed by atoms with Crippen LogP contribution in [0.2, 0.25) is 0 Å². The van der Waals surface area contributed by atoms with Gasteiger partial charge in [-0.2, -0.15) is 0 Å². The molecule has 0 aromatic heterocycles. The third-order valence-electron chi connectivity index (χ3n) is 2.45. The number of aliphatic hydroxyl groups excluding tert-OH is 1. The van der Waals surface area contributed by atoms with Crippen molar-refractivity contribution < 1.29 is 5.11 Å². The highest BCUT2D eigenvalue weighted by Gasteiger charge is 1.84. The van der Waals surface area contributed by atoms with Gasteiger partial charge in [0.15, 0.2) is 0 Å². The van der Waals surface area contributed by atoms with Crippen LogP contribution in [0.3, 0.4) is 0 Å². The molecule has 1 N–H and O–H groups in total. The Hall–Kier alpha value is -1.60. The minimum absolute atomic E-state index is 0.140. The van der Waals surface area contributed by atoms with E-state index in [0.29, 0.717) is 0 Å². The molecule has 1 nitrogen and oxygen atoms in total. The van der Waals surface area contributed by atoms with Gasteiger partial charge in [-0.05, 0) is 30.5 Å². The molecule has 16 heavy (non-hydrogen) atoms. The lowest BCUT2D eigenvalue weighted by atomic mass is 10.1. The van der Waals surface area contributed by atoms with Gasteiger partial charge in [0.05, 0.1) is 6.61 Å². The van der Waals surface area contributed by atoms with Crippen LogP contribution in [0.1, 0.15) is 16.7 Å². The normalized spacial score (nSPS) is 9.19. The summed E-state index contributed by atoms with van der Waals surface area (Å²) in [6.45, 7) is 4.38. The first-order valence-corrected chi connectivity index (χ1v) is 5.41. The lowest BCUT2D eigenvalue weighted by molar-refractivity contribution is 0.282. The summed E-state index contributed by atoms with van der Waals surface area (Å²) in [5.41, 5.74) is 3.70. The molecule has 0 aliphatic heterocycles. The van der Waals surface area contributed by atoms with Crippen molar-refractivity contribution in [3.63, 3.8) is 0 Å². The van der Waals surface area contributed by atoms with Gasteiger partial charge in [-0.15, -0.1) is 0 Å². The summed E-state index contributed by atoms with van der Waals surface area (Å²) in [5, 5.41) is 8.54. The Morgan fingerprint density at radius 2 is 1.19 bits per heavy atom. The van der Waals surface area contributed by atoms with E-state index in [1.54, 1.807) is 0 Å². The Balaban J connectivity index is 0.000000160. The largest absolute Gasteiger partial charge is 0.392 e. The Kier molecular flexibility index (Phi) is 5.30. The van der Waals surface area contributed by atoms with Crippen LogP contribution in [0.5, 0.6) is 0 Å². The number of benzene rings is 2. The summed E-state index contributed by atoms with van der Waals surface area (Å²) in [5.74, 6) is 0. The summed E-state index contributed by atoms with van der Waals surface area (Å²) in [4.78, 5) is 0. The van der Waals surface area contributed by atoms with Gasteiger partial charge in [0.25, 0.3) is 0 Å². The van der Waals surface area contributed by atoms with Gasteiger partial charge in [-0.1, -0.05) is 54.6 Å². The Bertz CT molecular complexity index is 386. The highest BCUT2D eigenvalue weighted by atomic mass is 16.3. The topological polar surface area (TPSA) is 20.2 Å².